The van der Waals surface area contributed by atoms with E-state index < -0.39 is 18.0 Å². The number of nitrogens with two attached hydrogens (primary N) is 1. The van der Waals surface area contributed by atoms with Gasteiger partial charge in [0.1, 0.15) is 12.0 Å². The molecule has 1 aliphatic heterocycles. The normalized spacial score (nSPS) is 29.0. The number of anilines is 1. The highest BCUT2D eigenvalue weighted by Crippen LogP contribution is 2.47. The zero-order valence-corrected chi connectivity index (χ0v) is 14.9. The number of aromatic nitrogens is 2. The number of aliphatic hydroxyl groups is 1. The summed E-state index contributed by atoms with van der Waals surface area (Å²) in [7, 11) is 0. The maximum absolute atomic E-state index is 12.2. The average Bonchev–Trinajstić information content (AvgIpc) is 2.63. The van der Waals surface area contributed by atoms with Crippen LogP contribution in [0.25, 0.3) is 0 Å². The maximum atomic E-state index is 12.2. The Morgan fingerprint density at radius 3 is 2.39 bits per heavy atom. The van der Waals surface area contributed by atoms with Crippen molar-refractivity contribution in [2.75, 3.05) is 5.73 Å². The van der Waals surface area contributed by atoms with Gasteiger partial charge in [-0.3, -0.25) is 4.57 Å². The number of ether oxygens (including phenoxy) is 1. The fourth-order valence-electron chi connectivity index (χ4n) is 3.31. The van der Waals surface area contributed by atoms with Gasteiger partial charge in [0.15, 0.2) is 0 Å². The van der Waals surface area contributed by atoms with Crippen molar-refractivity contribution < 1.29 is 9.84 Å². The molecule has 6 heteroatoms. The summed E-state index contributed by atoms with van der Waals surface area (Å²) in [6.45, 7) is 12.5. The molecule has 2 heterocycles. The second-order valence-corrected chi connectivity index (χ2v) is 8.75. The molecule has 3 N–H and O–H groups in total. The Bertz CT molecular complexity index is 613. The molecule has 2 rings (SSSR count). The molecular formula is C17H29N3O3. The summed E-state index contributed by atoms with van der Waals surface area (Å²) in [4.78, 5) is 16.0. The molecule has 0 aromatic carbocycles. The van der Waals surface area contributed by atoms with E-state index in [0.717, 1.165) is 0 Å². The molecular weight excluding hydrogens is 294 g/mol. The molecule has 1 aromatic rings. The van der Waals surface area contributed by atoms with E-state index in [1.807, 2.05) is 20.8 Å². The summed E-state index contributed by atoms with van der Waals surface area (Å²) in [6.07, 6.45) is 0.824. The molecule has 1 aliphatic rings. The molecule has 130 valence electrons. The van der Waals surface area contributed by atoms with E-state index in [1.165, 1.54) is 4.57 Å². The van der Waals surface area contributed by atoms with E-state index in [-0.39, 0.29) is 28.7 Å². The monoisotopic (exact) mass is 323 g/mol. The van der Waals surface area contributed by atoms with Gasteiger partial charge < -0.3 is 15.6 Å². The molecule has 6 nitrogen and oxygen atoms in total. The third-order valence-electron chi connectivity index (χ3n) is 4.31. The molecule has 0 saturated carbocycles. The van der Waals surface area contributed by atoms with Crippen molar-refractivity contribution in [2.24, 2.45) is 16.7 Å². The first-order chi connectivity index (χ1) is 10.4. The molecule has 1 fully saturated rings. The van der Waals surface area contributed by atoms with Gasteiger partial charge in [-0.25, -0.2) is 4.79 Å². The van der Waals surface area contributed by atoms with Crippen LogP contribution in [0.15, 0.2) is 17.1 Å². The van der Waals surface area contributed by atoms with Crippen LogP contribution in [-0.2, 0) is 4.74 Å². The Balaban J connectivity index is 2.41. The zero-order valence-electron chi connectivity index (χ0n) is 14.9. The van der Waals surface area contributed by atoms with Crippen molar-refractivity contribution in [3.63, 3.8) is 0 Å². The fourth-order valence-corrected chi connectivity index (χ4v) is 3.31. The summed E-state index contributed by atoms with van der Waals surface area (Å²) in [5.74, 6) is -0.0266. The van der Waals surface area contributed by atoms with Gasteiger partial charge in [-0.2, -0.15) is 4.98 Å². The van der Waals surface area contributed by atoms with Crippen LogP contribution in [-0.4, -0.2) is 26.9 Å². The smallest absolute Gasteiger partial charge is 0.351 e. The molecule has 0 amide bonds. The van der Waals surface area contributed by atoms with E-state index in [0.29, 0.717) is 6.42 Å². The lowest BCUT2D eigenvalue weighted by Crippen LogP contribution is -2.39. The van der Waals surface area contributed by atoms with Crippen LogP contribution in [0.4, 0.5) is 5.82 Å². The molecule has 1 unspecified atom stereocenters. The molecule has 1 aromatic heterocycles. The summed E-state index contributed by atoms with van der Waals surface area (Å²) < 4.78 is 7.57. The number of nitrogen functional groups attached to an aromatic ring is 1. The molecule has 0 spiro atoms. The Labute approximate surface area is 137 Å². The second kappa shape index (κ2) is 5.91. The first kappa shape index (κ1) is 17.9. The first-order valence-corrected chi connectivity index (χ1v) is 8.08. The Morgan fingerprint density at radius 2 is 1.91 bits per heavy atom. The van der Waals surface area contributed by atoms with Gasteiger partial charge in [-0.15, -0.1) is 0 Å². The van der Waals surface area contributed by atoms with Crippen LogP contribution in [0.2, 0.25) is 0 Å². The third kappa shape index (κ3) is 3.93. The van der Waals surface area contributed by atoms with Crippen molar-refractivity contribution in [3.8, 4) is 0 Å². The number of hydrogen-bond acceptors (Lipinski definition) is 5. The van der Waals surface area contributed by atoms with Crippen molar-refractivity contribution in [1.82, 2.24) is 9.55 Å². The van der Waals surface area contributed by atoms with Crippen LogP contribution in [0, 0.1) is 16.7 Å². The van der Waals surface area contributed by atoms with Gasteiger partial charge >= 0.3 is 5.69 Å². The van der Waals surface area contributed by atoms with Crippen molar-refractivity contribution in [1.29, 1.82) is 0 Å². The lowest BCUT2D eigenvalue weighted by Gasteiger charge is -2.33. The van der Waals surface area contributed by atoms with Gasteiger partial charge in [0.05, 0.1) is 12.2 Å². The van der Waals surface area contributed by atoms with E-state index >= 15 is 0 Å². The van der Waals surface area contributed by atoms with Crippen molar-refractivity contribution in [2.45, 2.75) is 66.4 Å². The molecule has 0 bridgehead atoms. The minimum absolute atomic E-state index is 0.0211. The SMILES string of the molecule is CC(C)(C)C[C@H]1O[C@@H](n2ccc(N)nc2=O)[C@@H](C(C)(C)C)C1O. The molecule has 0 radical (unpaired) electrons. The van der Waals surface area contributed by atoms with Crippen LogP contribution in [0.1, 0.15) is 54.2 Å². The highest BCUT2D eigenvalue weighted by atomic mass is 16.5. The minimum Gasteiger partial charge on any atom is -0.390 e. The van der Waals surface area contributed by atoms with Crippen molar-refractivity contribution in [3.05, 3.63) is 22.7 Å². The van der Waals surface area contributed by atoms with E-state index in [1.54, 1.807) is 12.3 Å². The lowest BCUT2D eigenvalue weighted by atomic mass is 9.74. The van der Waals surface area contributed by atoms with Gasteiger partial charge in [0.2, 0.25) is 0 Å². The molecule has 0 aliphatic carbocycles. The maximum Gasteiger partial charge on any atom is 0.351 e. The van der Waals surface area contributed by atoms with Crippen LogP contribution in [0.5, 0.6) is 0 Å². The zero-order chi connectivity index (χ0) is 17.6. The quantitative estimate of drug-likeness (QED) is 0.870. The van der Waals surface area contributed by atoms with Gasteiger partial charge in [0.25, 0.3) is 0 Å². The largest absolute Gasteiger partial charge is 0.390 e. The van der Waals surface area contributed by atoms with Crippen LogP contribution >= 0.6 is 0 Å². The number of hydrogen-bond donors (Lipinski definition) is 2. The number of nitrogens with zero attached hydrogens (tertiary/aromatic N) is 2. The minimum atomic E-state index is -0.635. The molecule has 23 heavy (non-hydrogen) atoms. The summed E-state index contributed by atoms with van der Waals surface area (Å²) in [6, 6.07) is 1.58. The third-order valence-corrected chi connectivity index (χ3v) is 4.31. The lowest BCUT2D eigenvalue weighted by molar-refractivity contribution is -0.0463. The Hall–Kier alpha value is -1.40. The van der Waals surface area contributed by atoms with Crippen molar-refractivity contribution >= 4 is 5.82 Å². The first-order valence-electron chi connectivity index (χ1n) is 8.08. The van der Waals surface area contributed by atoms with E-state index in [9.17, 15) is 9.90 Å². The van der Waals surface area contributed by atoms with Gasteiger partial charge in [-0.1, -0.05) is 41.5 Å². The van der Waals surface area contributed by atoms with Gasteiger partial charge in [-0.05, 0) is 23.3 Å². The highest BCUT2D eigenvalue weighted by Gasteiger charge is 2.50. The van der Waals surface area contributed by atoms with Crippen LogP contribution in [0.3, 0.4) is 0 Å². The summed E-state index contributed by atoms with van der Waals surface area (Å²) in [5, 5.41) is 10.8. The van der Waals surface area contributed by atoms with Gasteiger partial charge in [0, 0.05) is 12.1 Å². The van der Waals surface area contributed by atoms with E-state index in [2.05, 4.69) is 25.8 Å². The predicted octanol–water partition coefficient (Wildman–Crippen LogP) is 2.18. The Morgan fingerprint density at radius 1 is 1.30 bits per heavy atom. The summed E-state index contributed by atoms with van der Waals surface area (Å²) in [5.41, 5.74) is 4.92. The number of aliphatic hydroxyl groups excluding tert-OH is 1. The van der Waals surface area contributed by atoms with Crippen LogP contribution < -0.4 is 11.4 Å². The molecule has 4 atom stereocenters. The Kier molecular flexibility index (Phi) is 4.61. The van der Waals surface area contributed by atoms with E-state index in [4.69, 9.17) is 10.5 Å². The second-order valence-electron chi connectivity index (χ2n) is 8.75. The topological polar surface area (TPSA) is 90.4 Å². The molecule has 1 saturated heterocycles. The summed E-state index contributed by atoms with van der Waals surface area (Å²) >= 11 is 0. The number of rotatable bonds is 2. The fraction of sp³-hybridized carbons (Fsp3) is 0.765. The average molecular weight is 323 g/mol. The standard InChI is InChI=1S/C17H29N3O3/c1-16(2,3)9-10-13(21)12(17(4,5)6)14(23-10)20-8-7-11(18)19-15(20)22/h7-8,10,12-14,21H,9H2,1-6H3,(H2,18,19,22)/t10-,12+,13?,14-/m1/s1. The highest BCUT2D eigenvalue weighted by molar-refractivity contribution is 5.23. The predicted molar refractivity (Wildman–Crippen MR) is 89.8 cm³/mol.